The maximum atomic E-state index is 12.3. The van der Waals surface area contributed by atoms with Crippen LogP contribution in [0.5, 0.6) is 11.5 Å². The zero-order valence-corrected chi connectivity index (χ0v) is 20.5. The summed E-state index contributed by atoms with van der Waals surface area (Å²) in [7, 11) is 1.70. The Labute approximate surface area is 211 Å². The molecule has 1 aliphatic rings. The van der Waals surface area contributed by atoms with Crippen LogP contribution in [0.2, 0.25) is 0 Å². The van der Waals surface area contributed by atoms with Crippen LogP contribution < -0.4 is 25.4 Å². The van der Waals surface area contributed by atoms with Gasteiger partial charge in [0.05, 0.1) is 12.8 Å². The molecule has 4 rings (SSSR count). The van der Waals surface area contributed by atoms with Crippen LogP contribution in [-0.2, 0) is 0 Å². The summed E-state index contributed by atoms with van der Waals surface area (Å²) in [6.45, 7) is 5.25. The van der Waals surface area contributed by atoms with Crippen LogP contribution in [0.4, 0.5) is 10.5 Å². The highest BCUT2D eigenvalue weighted by molar-refractivity contribution is 5.94. The summed E-state index contributed by atoms with van der Waals surface area (Å²) in [6, 6.07) is 22.3. The molecule has 3 aromatic rings. The summed E-state index contributed by atoms with van der Waals surface area (Å²) < 4.78 is 10.9. The molecule has 188 valence electrons. The Kier molecular flexibility index (Phi) is 8.41. The summed E-state index contributed by atoms with van der Waals surface area (Å²) in [5.41, 5.74) is 8.59. The van der Waals surface area contributed by atoms with Crippen molar-refractivity contribution in [2.75, 3.05) is 51.3 Å². The third-order valence-electron chi connectivity index (χ3n) is 6.24. The number of nitrogens with two attached hydrogens (primary N) is 1. The lowest BCUT2D eigenvalue weighted by Crippen LogP contribution is -2.47. The van der Waals surface area contributed by atoms with Crippen molar-refractivity contribution in [3.05, 3.63) is 78.4 Å². The van der Waals surface area contributed by atoms with E-state index in [1.807, 2.05) is 30.3 Å². The number of methoxy groups -OCH3 is 1. The van der Waals surface area contributed by atoms with E-state index in [4.69, 9.17) is 15.2 Å². The van der Waals surface area contributed by atoms with Crippen molar-refractivity contribution in [1.29, 1.82) is 0 Å². The smallest absolute Gasteiger partial charge is 0.412 e. The molecule has 8 nitrogen and oxygen atoms in total. The Bertz CT molecular complexity index is 1190. The van der Waals surface area contributed by atoms with Crippen LogP contribution in [0.1, 0.15) is 16.8 Å². The molecule has 2 amide bonds. The van der Waals surface area contributed by atoms with Crippen LogP contribution in [0.15, 0.2) is 72.8 Å². The predicted octanol–water partition coefficient (Wildman–Crippen LogP) is 3.76. The first-order valence-corrected chi connectivity index (χ1v) is 12.1. The minimum absolute atomic E-state index is 0.428. The zero-order valence-electron chi connectivity index (χ0n) is 20.5. The van der Waals surface area contributed by atoms with Crippen LogP contribution >= 0.6 is 0 Å². The number of carbonyl (C=O) groups excluding carboxylic acids is 2. The first-order chi connectivity index (χ1) is 17.5. The number of carbonyl (C=O) groups is 2. The summed E-state index contributed by atoms with van der Waals surface area (Å²) in [4.78, 5) is 28.5. The van der Waals surface area contributed by atoms with E-state index in [2.05, 4.69) is 21.2 Å². The SMILES string of the molecule is COc1ccccc1N1CCN(CCCNC(=O)Oc2cccc(-c3cccc(C(N)=O)c3)c2)CC1. The fraction of sp³-hybridized carbons (Fsp3) is 0.286. The Hall–Kier alpha value is -4.04. The highest BCUT2D eigenvalue weighted by atomic mass is 16.6. The molecule has 36 heavy (non-hydrogen) atoms. The van der Waals surface area contributed by atoms with Crippen molar-refractivity contribution in [3.63, 3.8) is 0 Å². The van der Waals surface area contributed by atoms with E-state index < -0.39 is 12.0 Å². The van der Waals surface area contributed by atoms with E-state index in [1.54, 1.807) is 43.5 Å². The number of para-hydroxylation sites is 2. The van der Waals surface area contributed by atoms with Crippen molar-refractivity contribution in [2.45, 2.75) is 6.42 Å². The van der Waals surface area contributed by atoms with Gasteiger partial charge in [0, 0.05) is 38.3 Å². The second-order valence-electron chi connectivity index (χ2n) is 8.64. The molecule has 8 heteroatoms. The lowest BCUT2D eigenvalue weighted by atomic mass is 10.0. The molecule has 0 radical (unpaired) electrons. The number of benzene rings is 3. The fourth-order valence-electron chi connectivity index (χ4n) is 4.33. The number of nitrogens with one attached hydrogen (secondary N) is 1. The molecule has 0 spiro atoms. The van der Waals surface area contributed by atoms with Gasteiger partial charge < -0.3 is 25.4 Å². The van der Waals surface area contributed by atoms with Gasteiger partial charge in [0.25, 0.3) is 0 Å². The molecular formula is C28H32N4O4. The van der Waals surface area contributed by atoms with Crippen molar-refractivity contribution in [1.82, 2.24) is 10.2 Å². The number of anilines is 1. The molecule has 1 aliphatic heterocycles. The maximum absolute atomic E-state index is 12.3. The Balaban J connectivity index is 1.19. The minimum Gasteiger partial charge on any atom is -0.495 e. The summed E-state index contributed by atoms with van der Waals surface area (Å²) in [6.07, 6.45) is 0.350. The Morgan fingerprint density at radius 2 is 1.64 bits per heavy atom. The van der Waals surface area contributed by atoms with Gasteiger partial charge in [0.1, 0.15) is 11.5 Å². The van der Waals surface area contributed by atoms with Gasteiger partial charge >= 0.3 is 6.09 Å². The van der Waals surface area contributed by atoms with Crippen LogP contribution in [0.25, 0.3) is 11.1 Å². The Morgan fingerprint density at radius 3 is 2.39 bits per heavy atom. The molecule has 0 atom stereocenters. The second kappa shape index (κ2) is 12.1. The first kappa shape index (κ1) is 25.1. The number of piperazine rings is 1. The topological polar surface area (TPSA) is 97.1 Å². The molecular weight excluding hydrogens is 456 g/mol. The molecule has 0 aromatic heterocycles. The van der Waals surface area contributed by atoms with Crippen molar-refractivity contribution < 1.29 is 19.1 Å². The molecule has 0 aliphatic carbocycles. The number of rotatable bonds is 9. The summed E-state index contributed by atoms with van der Waals surface area (Å²) in [5, 5.41) is 2.83. The first-order valence-electron chi connectivity index (χ1n) is 12.1. The molecule has 0 saturated carbocycles. The monoisotopic (exact) mass is 488 g/mol. The number of hydrogen-bond donors (Lipinski definition) is 2. The lowest BCUT2D eigenvalue weighted by molar-refractivity contribution is 0.1000. The standard InChI is InChI=1S/C28H32N4O4/c1-35-26-12-3-2-11-25(26)32-17-15-31(16-18-32)14-6-13-30-28(34)36-24-10-5-8-22(20-24)21-7-4-9-23(19-21)27(29)33/h2-5,7-12,19-20H,6,13-18H2,1H3,(H2,29,33)(H,30,34). The average Bonchev–Trinajstić information content (AvgIpc) is 2.91. The number of nitrogens with zero attached hydrogens (tertiary/aromatic N) is 2. The van der Waals surface area contributed by atoms with Gasteiger partial charge in [-0.05, 0) is 60.5 Å². The highest BCUT2D eigenvalue weighted by Crippen LogP contribution is 2.28. The quantitative estimate of drug-likeness (QED) is 0.445. The van der Waals surface area contributed by atoms with Gasteiger partial charge in [-0.15, -0.1) is 0 Å². The van der Waals surface area contributed by atoms with Gasteiger partial charge in [0.15, 0.2) is 0 Å². The molecule has 1 fully saturated rings. The number of primary amides is 1. The maximum Gasteiger partial charge on any atom is 0.412 e. The normalized spacial score (nSPS) is 13.8. The molecule has 3 N–H and O–H groups in total. The van der Waals surface area contributed by atoms with Crippen molar-refractivity contribution in [2.24, 2.45) is 5.73 Å². The molecule has 3 aromatic carbocycles. The van der Waals surface area contributed by atoms with E-state index in [1.165, 1.54) is 0 Å². The Morgan fingerprint density at radius 1 is 0.917 bits per heavy atom. The van der Waals surface area contributed by atoms with E-state index in [9.17, 15) is 9.59 Å². The van der Waals surface area contributed by atoms with Gasteiger partial charge in [-0.1, -0.05) is 36.4 Å². The van der Waals surface area contributed by atoms with Gasteiger partial charge in [0.2, 0.25) is 5.91 Å². The van der Waals surface area contributed by atoms with Gasteiger partial charge in [-0.2, -0.15) is 0 Å². The summed E-state index contributed by atoms with van der Waals surface area (Å²) >= 11 is 0. The summed E-state index contributed by atoms with van der Waals surface area (Å²) in [5.74, 6) is 0.849. The minimum atomic E-state index is -0.487. The molecule has 0 unspecified atom stereocenters. The third kappa shape index (κ3) is 6.55. The van der Waals surface area contributed by atoms with E-state index in [0.717, 1.165) is 61.7 Å². The lowest BCUT2D eigenvalue weighted by Gasteiger charge is -2.36. The van der Waals surface area contributed by atoms with Crippen LogP contribution in [-0.4, -0.2) is 63.3 Å². The van der Waals surface area contributed by atoms with Crippen LogP contribution in [0, 0.1) is 0 Å². The predicted molar refractivity (Wildman–Crippen MR) is 141 cm³/mol. The fourth-order valence-corrected chi connectivity index (χ4v) is 4.33. The van der Waals surface area contributed by atoms with Gasteiger partial charge in [-0.3, -0.25) is 9.69 Å². The van der Waals surface area contributed by atoms with Crippen molar-refractivity contribution in [3.8, 4) is 22.6 Å². The van der Waals surface area contributed by atoms with Gasteiger partial charge in [-0.25, -0.2) is 4.79 Å². The largest absolute Gasteiger partial charge is 0.495 e. The van der Waals surface area contributed by atoms with Crippen LogP contribution in [0.3, 0.4) is 0 Å². The average molecular weight is 489 g/mol. The second-order valence-corrected chi connectivity index (χ2v) is 8.64. The number of amides is 2. The number of ether oxygens (including phenoxy) is 2. The van der Waals surface area contributed by atoms with Crippen molar-refractivity contribution >= 4 is 17.7 Å². The molecule has 0 bridgehead atoms. The third-order valence-corrected chi connectivity index (χ3v) is 6.24. The molecule has 1 saturated heterocycles. The van der Waals surface area contributed by atoms with E-state index in [-0.39, 0.29) is 0 Å². The number of hydrogen-bond acceptors (Lipinski definition) is 6. The van der Waals surface area contributed by atoms with E-state index in [0.29, 0.717) is 17.9 Å². The zero-order chi connectivity index (χ0) is 25.3. The highest BCUT2D eigenvalue weighted by Gasteiger charge is 2.19. The van der Waals surface area contributed by atoms with E-state index >= 15 is 0 Å². The molecule has 1 heterocycles.